The van der Waals surface area contributed by atoms with Gasteiger partial charge in [-0.2, -0.15) is 0 Å². The average molecular weight is 188 g/mol. The van der Waals surface area contributed by atoms with E-state index in [1.807, 2.05) is 30.3 Å². The monoisotopic (exact) mass is 188 g/mol. The predicted octanol–water partition coefficient (Wildman–Crippen LogP) is 1.74. The zero-order chi connectivity index (χ0) is 9.80. The number of ketones is 1. The van der Waals surface area contributed by atoms with Gasteiger partial charge >= 0.3 is 0 Å². The highest BCUT2D eigenvalue weighted by atomic mass is 16.1. The minimum atomic E-state index is 0.0127. The molecule has 1 atom stereocenters. The molecule has 0 bridgehead atoms. The second-order valence-corrected chi connectivity index (χ2v) is 3.66. The fourth-order valence-electron chi connectivity index (χ4n) is 1.84. The maximum absolute atomic E-state index is 11.8. The lowest BCUT2D eigenvalue weighted by molar-refractivity contribution is -0.120. The molecular weight excluding hydrogens is 174 g/mol. The molecule has 1 aliphatic rings. The van der Waals surface area contributed by atoms with Crippen LogP contribution in [0, 0.1) is 0 Å². The summed E-state index contributed by atoms with van der Waals surface area (Å²) in [6.07, 6.45) is 1.60. The Morgan fingerprint density at radius 3 is 2.79 bits per heavy atom. The van der Waals surface area contributed by atoms with Crippen molar-refractivity contribution < 1.29 is 4.79 Å². The van der Waals surface area contributed by atoms with E-state index >= 15 is 0 Å². The standard InChI is InChI=1S/C12H14NO/c14-12-7-4-8-13-9-11(12)10-5-2-1-3-6-10/h1-3,5-6,11H,4,7-9H2. The van der Waals surface area contributed by atoms with Crippen molar-refractivity contribution in [2.45, 2.75) is 18.8 Å². The van der Waals surface area contributed by atoms with E-state index in [9.17, 15) is 4.79 Å². The topological polar surface area (TPSA) is 31.2 Å². The van der Waals surface area contributed by atoms with Gasteiger partial charge in [-0.15, -0.1) is 0 Å². The molecule has 1 fully saturated rings. The van der Waals surface area contributed by atoms with E-state index in [0.717, 1.165) is 18.5 Å². The van der Waals surface area contributed by atoms with Crippen molar-refractivity contribution >= 4 is 5.78 Å². The van der Waals surface area contributed by atoms with E-state index in [1.54, 1.807) is 0 Å². The molecule has 14 heavy (non-hydrogen) atoms. The van der Waals surface area contributed by atoms with Crippen LogP contribution in [-0.2, 0) is 4.79 Å². The van der Waals surface area contributed by atoms with Crippen molar-refractivity contribution in [2.24, 2.45) is 0 Å². The van der Waals surface area contributed by atoms with Crippen LogP contribution < -0.4 is 5.32 Å². The molecule has 2 nitrogen and oxygen atoms in total. The molecule has 1 radical (unpaired) electrons. The Hall–Kier alpha value is -1.15. The van der Waals surface area contributed by atoms with E-state index < -0.39 is 0 Å². The van der Waals surface area contributed by atoms with Gasteiger partial charge in [-0.3, -0.25) is 4.79 Å². The van der Waals surface area contributed by atoms with Gasteiger partial charge in [-0.05, 0) is 12.0 Å². The summed E-state index contributed by atoms with van der Waals surface area (Å²) >= 11 is 0. The minimum Gasteiger partial charge on any atom is -0.299 e. The first-order valence-corrected chi connectivity index (χ1v) is 5.09. The molecule has 0 amide bonds. The Morgan fingerprint density at radius 2 is 2.00 bits per heavy atom. The number of carbonyl (C=O) groups excluding carboxylic acids is 1. The van der Waals surface area contributed by atoms with Crippen molar-refractivity contribution in [2.75, 3.05) is 13.1 Å². The van der Waals surface area contributed by atoms with Crippen molar-refractivity contribution in [1.29, 1.82) is 0 Å². The molecule has 1 aromatic rings. The van der Waals surface area contributed by atoms with Gasteiger partial charge in [0, 0.05) is 19.5 Å². The van der Waals surface area contributed by atoms with Crippen LogP contribution in [0.5, 0.6) is 0 Å². The summed E-state index contributed by atoms with van der Waals surface area (Å²) in [5.74, 6) is 0.358. The van der Waals surface area contributed by atoms with E-state index in [0.29, 0.717) is 18.7 Å². The molecule has 2 heteroatoms. The highest BCUT2D eigenvalue weighted by molar-refractivity contribution is 5.86. The quantitative estimate of drug-likeness (QED) is 0.660. The van der Waals surface area contributed by atoms with Gasteiger partial charge in [0.1, 0.15) is 5.78 Å². The second-order valence-electron chi connectivity index (χ2n) is 3.66. The van der Waals surface area contributed by atoms with Gasteiger partial charge in [-0.25, -0.2) is 5.32 Å². The fourth-order valence-corrected chi connectivity index (χ4v) is 1.84. The lowest BCUT2D eigenvalue weighted by Gasteiger charge is -2.12. The largest absolute Gasteiger partial charge is 0.299 e. The third-order valence-electron chi connectivity index (χ3n) is 2.64. The third-order valence-corrected chi connectivity index (χ3v) is 2.64. The van der Waals surface area contributed by atoms with Gasteiger partial charge in [0.2, 0.25) is 0 Å². The maximum Gasteiger partial charge on any atom is 0.141 e. The van der Waals surface area contributed by atoms with E-state index in [4.69, 9.17) is 0 Å². The van der Waals surface area contributed by atoms with Crippen LogP contribution in [0.4, 0.5) is 0 Å². The molecule has 1 aromatic carbocycles. The molecule has 2 rings (SSSR count). The first-order valence-electron chi connectivity index (χ1n) is 5.09. The normalized spacial score (nSPS) is 23.1. The summed E-state index contributed by atoms with van der Waals surface area (Å²) in [6, 6.07) is 9.97. The molecule has 0 N–H and O–H groups in total. The minimum absolute atomic E-state index is 0.0127. The number of carbonyl (C=O) groups is 1. The SMILES string of the molecule is O=C1CCC[N]CC1c1ccccc1. The van der Waals surface area contributed by atoms with Gasteiger partial charge < -0.3 is 0 Å². The van der Waals surface area contributed by atoms with Crippen molar-refractivity contribution in [1.82, 2.24) is 5.32 Å². The molecule has 0 aliphatic carbocycles. The predicted molar refractivity (Wildman–Crippen MR) is 55.3 cm³/mol. The average Bonchev–Trinajstić information content (AvgIpc) is 2.44. The zero-order valence-corrected chi connectivity index (χ0v) is 8.15. The number of benzene rings is 1. The van der Waals surface area contributed by atoms with Crippen LogP contribution in [0.25, 0.3) is 0 Å². The van der Waals surface area contributed by atoms with Crippen molar-refractivity contribution in [3.8, 4) is 0 Å². The molecule has 1 heterocycles. The molecule has 1 aliphatic heterocycles. The summed E-state index contributed by atoms with van der Waals surface area (Å²) < 4.78 is 0. The lowest BCUT2D eigenvalue weighted by atomic mass is 9.93. The van der Waals surface area contributed by atoms with Gasteiger partial charge in [0.25, 0.3) is 0 Å². The summed E-state index contributed by atoms with van der Waals surface area (Å²) in [4.78, 5) is 11.8. The van der Waals surface area contributed by atoms with Gasteiger partial charge in [0.15, 0.2) is 0 Å². The third kappa shape index (κ3) is 2.02. The number of hydrogen-bond acceptors (Lipinski definition) is 1. The fraction of sp³-hybridized carbons (Fsp3) is 0.417. The Kier molecular flexibility index (Phi) is 2.94. The molecule has 0 spiro atoms. The summed E-state index contributed by atoms with van der Waals surface area (Å²) in [7, 11) is 0. The van der Waals surface area contributed by atoms with Gasteiger partial charge in [-0.1, -0.05) is 30.3 Å². The van der Waals surface area contributed by atoms with Crippen LogP contribution in [0.3, 0.4) is 0 Å². The molecule has 73 valence electrons. The van der Waals surface area contributed by atoms with Gasteiger partial charge in [0.05, 0.1) is 5.92 Å². The molecule has 1 saturated heterocycles. The summed E-state index contributed by atoms with van der Waals surface area (Å²) in [5, 5.41) is 4.36. The second kappa shape index (κ2) is 4.38. The van der Waals surface area contributed by atoms with E-state index in [1.165, 1.54) is 0 Å². The molecule has 0 aromatic heterocycles. The van der Waals surface area contributed by atoms with Crippen LogP contribution in [0.15, 0.2) is 30.3 Å². The molecular formula is C12H14NO. The Balaban J connectivity index is 2.19. The number of Topliss-reactive ketones (excluding diaryl/α,β-unsaturated/α-hetero) is 1. The Bertz CT molecular complexity index is 307. The van der Waals surface area contributed by atoms with Crippen LogP contribution in [0.1, 0.15) is 24.3 Å². The smallest absolute Gasteiger partial charge is 0.141 e. The number of rotatable bonds is 1. The van der Waals surface area contributed by atoms with E-state index in [-0.39, 0.29) is 5.92 Å². The van der Waals surface area contributed by atoms with Crippen LogP contribution >= 0.6 is 0 Å². The van der Waals surface area contributed by atoms with Crippen LogP contribution in [0.2, 0.25) is 0 Å². The lowest BCUT2D eigenvalue weighted by Crippen LogP contribution is -2.18. The first-order chi connectivity index (χ1) is 6.88. The summed E-state index contributed by atoms with van der Waals surface area (Å²) in [5.41, 5.74) is 1.11. The Labute approximate surface area is 84.3 Å². The first kappa shape index (κ1) is 9.41. The Morgan fingerprint density at radius 1 is 1.21 bits per heavy atom. The molecule has 1 unspecified atom stereocenters. The highest BCUT2D eigenvalue weighted by Gasteiger charge is 2.22. The van der Waals surface area contributed by atoms with E-state index in [2.05, 4.69) is 5.32 Å². The number of hydrogen-bond donors (Lipinski definition) is 0. The van der Waals surface area contributed by atoms with Crippen molar-refractivity contribution in [3.05, 3.63) is 35.9 Å². The molecule has 0 saturated carbocycles. The van der Waals surface area contributed by atoms with Crippen LogP contribution in [-0.4, -0.2) is 18.9 Å². The highest BCUT2D eigenvalue weighted by Crippen LogP contribution is 2.20. The maximum atomic E-state index is 11.8. The number of nitrogens with zero attached hydrogens (tertiary/aromatic N) is 1. The zero-order valence-electron chi connectivity index (χ0n) is 8.15. The van der Waals surface area contributed by atoms with Crippen molar-refractivity contribution in [3.63, 3.8) is 0 Å². The summed E-state index contributed by atoms with van der Waals surface area (Å²) in [6.45, 7) is 1.51.